The van der Waals surface area contributed by atoms with Gasteiger partial charge in [0.1, 0.15) is 17.0 Å². The van der Waals surface area contributed by atoms with Gasteiger partial charge in [-0.25, -0.2) is 9.37 Å². The van der Waals surface area contributed by atoms with Crippen molar-refractivity contribution in [3.63, 3.8) is 0 Å². The molecular formula is C31H26FN3O2. The maximum atomic E-state index is 14.4. The van der Waals surface area contributed by atoms with Crippen LogP contribution in [-0.4, -0.2) is 22.0 Å². The number of amides is 1. The van der Waals surface area contributed by atoms with Crippen LogP contribution in [-0.2, 0) is 6.54 Å². The molecule has 0 fully saturated rings. The van der Waals surface area contributed by atoms with Crippen LogP contribution in [0.25, 0.3) is 11.0 Å². The Morgan fingerprint density at radius 2 is 1.51 bits per heavy atom. The molecule has 0 bridgehead atoms. The van der Waals surface area contributed by atoms with Gasteiger partial charge in [-0.1, -0.05) is 78.9 Å². The number of fused-ring (bicyclic) bond motifs is 1. The first kappa shape index (κ1) is 24.1. The normalized spacial score (nSPS) is 11.1. The monoisotopic (exact) mass is 491 g/mol. The maximum Gasteiger partial charge on any atom is 0.265 e. The zero-order valence-corrected chi connectivity index (χ0v) is 20.2. The Morgan fingerprint density at radius 1 is 0.865 bits per heavy atom. The topological polar surface area (TPSA) is 64.0 Å². The van der Waals surface area contributed by atoms with E-state index in [9.17, 15) is 14.0 Å². The van der Waals surface area contributed by atoms with E-state index >= 15 is 0 Å². The molecule has 0 spiro atoms. The second kappa shape index (κ2) is 11.0. The Hall–Kier alpha value is -4.58. The first-order valence-electron chi connectivity index (χ1n) is 12.2. The van der Waals surface area contributed by atoms with E-state index in [1.807, 2.05) is 36.4 Å². The van der Waals surface area contributed by atoms with Gasteiger partial charge >= 0.3 is 0 Å². The lowest BCUT2D eigenvalue weighted by molar-refractivity contribution is 0.0951. The number of hydrogen-bond acceptors (Lipinski definition) is 3. The third kappa shape index (κ3) is 5.33. The van der Waals surface area contributed by atoms with Crippen molar-refractivity contribution >= 4 is 16.9 Å². The minimum atomic E-state index is -0.505. The molecule has 0 aliphatic rings. The van der Waals surface area contributed by atoms with Crippen LogP contribution in [0.2, 0.25) is 0 Å². The van der Waals surface area contributed by atoms with Gasteiger partial charge in [0.05, 0.1) is 6.54 Å². The highest BCUT2D eigenvalue weighted by atomic mass is 19.1. The maximum absolute atomic E-state index is 14.4. The Labute approximate surface area is 214 Å². The summed E-state index contributed by atoms with van der Waals surface area (Å²) in [6, 6.07) is 31.7. The van der Waals surface area contributed by atoms with E-state index in [2.05, 4.69) is 34.6 Å². The lowest BCUT2D eigenvalue weighted by Crippen LogP contribution is -2.34. The van der Waals surface area contributed by atoms with Crippen molar-refractivity contribution in [2.75, 3.05) is 6.54 Å². The number of hydrogen-bond donors (Lipinski definition) is 1. The molecule has 0 atom stereocenters. The summed E-state index contributed by atoms with van der Waals surface area (Å²) < 4.78 is 15.7. The third-order valence-electron chi connectivity index (χ3n) is 6.50. The van der Waals surface area contributed by atoms with Gasteiger partial charge in [-0.05, 0) is 41.8 Å². The fourth-order valence-corrected chi connectivity index (χ4v) is 4.63. The van der Waals surface area contributed by atoms with Crippen LogP contribution in [0.3, 0.4) is 0 Å². The number of benzene rings is 3. The second-order valence-corrected chi connectivity index (χ2v) is 8.88. The highest BCUT2D eigenvalue weighted by Crippen LogP contribution is 2.27. The number of carbonyl (C=O) groups is 1. The van der Waals surface area contributed by atoms with Gasteiger partial charge in [-0.2, -0.15) is 0 Å². The number of nitrogens with zero attached hydrogens (tertiary/aromatic N) is 2. The van der Waals surface area contributed by atoms with Crippen LogP contribution in [0.5, 0.6) is 0 Å². The molecule has 2 heterocycles. The third-order valence-corrected chi connectivity index (χ3v) is 6.50. The van der Waals surface area contributed by atoms with Crippen molar-refractivity contribution in [3.8, 4) is 0 Å². The molecule has 0 unspecified atom stereocenters. The van der Waals surface area contributed by atoms with E-state index in [0.717, 1.165) is 11.1 Å². The SMILES string of the molecule is O=C(NCCC(c1ccccc1)c1ccccc1)c1cc2cccnc2n(Cc2ccccc2F)c1=O. The summed E-state index contributed by atoms with van der Waals surface area (Å²) >= 11 is 0. The Balaban J connectivity index is 1.40. The summed E-state index contributed by atoms with van der Waals surface area (Å²) in [6.07, 6.45) is 2.24. The van der Waals surface area contributed by atoms with E-state index < -0.39 is 17.3 Å². The van der Waals surface area contributed by atoms with Crippen LogP contribution in [0.1, 0.15) is 39.4 Å². The molecule has 0 radical (unpaired) electrons. The second-order valence-electron chi connectivity index (χ2n) is 8.88. The lowest BCUT2D eigenvalue weighted by Gasteiger charge is -2.18. The molecule has 2 aromatic heterocycles. The van der Waals surface area contributed by atoms with Gasteiger partial charge in [0.15, 0.2) is 0 Å². The Morgan fingerprint density at radius 3 is 2.19 bits per heavy atom. The minimum absolute atomic E-state index is 0.00723. The zero-order valence-electron chi connectivity index (χ0n) is 20.2. The number of nitrogens with one attached hydrogen (secondary N) is 1. The summed E-state index contributed by atoms with van der Waals surface area (Å²) in [5, 5.41) is 3.56. The van der Waals surface area contributed by atoms with Crippen molar-refractivity contribution < 1.29 is 9.18 Å². The molecule has 6 heteroatoms. The largest absolute Gasteiger partial charge is 0.352 e. The molecule has 5 nitrogen and oxygen atoms in total. The van der Waals surface area contributed by atoms with Gasteiger partial charge in [0.2, 0.25) is 0 Å². The number of aromatic nitrogens is 2. The summed E-state index contributed by atoms with van der Waals surface area (Å²) in [4.78, 5) is 31.0. The fourth-order valence-electron chi connectivity index (χ4n) is 4.63. The molecule has 184 valence electrons. The molecule has 0 aliphatic carbocycles. The number of halogens is 1. The van der Waals surface area contributed by atoms with Crippen LogP contribution in [0, 0.1) is 5.82 Å². The average Bonchev–Trinajstić information content (AvgIpc) is 2.94. The Bertz CT molecular complexity index is 1540. The quantitative estimate of drug-likeness (QED) is 0.310. The van der Waals surface area contributed by atoms with Crippen molar-refractivity contribution in [3.05, 3.63) is 148 Å². The first-order valence-corrected chi connectivity index (χ1v) is 12.2. The van der Waals surface area contributed by atoms with Gasteiger partial charge in [0.25, 0.3) is 11.5 Å². The number of carbonyl (C=O) groups excluding carboxylic acids is 1. The molecular weight excluding hydrogens is 465 g/mol. The van der Waals surface area contributed by atoms with Crippen molar-refractivity contribution in [2.45, 2.75) is 18.9 Å². The minimum Gasteiger partial charge on any atom is -0.352 e. The van der Waals surface area contributed by atoms with E-state index in [4.69, 9.17) is 0 Å². The molecule has 5 aromatic rings. The van der Waals surface area contributed by atoms with Gasteiger partial charge in [-0.15, -0.1) is 0 Å². The summed E-state index contributed by atoms with van der Waals surface area (Å²) in [6.45, 7) is 0.356. The van der Waals surface area contributed by atoms with Gasteiger partial charge < -0.3 is 5.32 Å². The molecule has 0 saturated carbocycles. The first-order chi connectivity index (χ1) is 18.1. The summed E-state index contributed by atoms with van der Waals surface area (Å²) in [7, 11) is 0. The lowest BCUT2D eigenvalue weighted by atomic mass is 9.88. The molecule has 1 amide bonds. The average molecular weight is 492 g/mol. The molecule has 0 aliphatic heterocycles. The van der Waals surface area contributed by atoms with Crippen molar-refractivity contribution in [1.82, 2.24) is 14.9 Å². The van der Waals surface area contributed by atoms with Crippen LogP contribution in [0.4, 0.5) is 4.39 Å². The number of rotatable bonds is 8. The molecule has 0 saturated heterocycles. The number of pyridine rings is 2. The van der Waals surface area contributed by atoms with E-state index in [1.54, 1.807) is 42.6 Å². The molecule has 3 aromatic carbocycles. The van der Waals surface area contributed by atoms with Gasteiger partial charge in [-0.3, -0.25) is 14.2 Å². The van der Waals surface area contributed by atoms with Crippen molar-refractivity contribution in [1.29, 1.82) is 0 Å². The Kier molecular flexibility index (Phi) is 7.17. The van der Waals surface area contributed by atoms with Crippen LogP contribution >= 0.6 is 0 Å². The fraction of sp³-hybridized carbons (Fsp3) is 0.129. The van der Waals surface area contributed by atoms with E-state index in [-0.39, 0.29) is 18.0 Å². The molecule has 37 heavy (non-hydrogen) atoms. The zero-order chi connectivity index (χ0) is 25.6. The van der Waals surface area contributed by atoms with E-state index in [1.165, 1.54) is 10.6 Å². The molecule has 5 rings (SSSR count). The van der Waals surface area contributed by atoms with Gasteiger partial charge in [0, 0.05) is 29.6 Å². The van der Waals surface area contributed by atoms with Crippen LogP contribution in [0.15, 0.2) is 114 Å². The predicted octanol–water partition coefficient (Wildman–Crippen LogP) is 5.54. The smallest absolute Gasteiger partial charge is 0.265 e. The summed E-state index contributed by atoms with van der Waals surface area (Å²) in [5.74, 6) is -0.777. The standard InChI is InChI=1S/C31H26FN3O2/c32-28-16-8-7-14-25(28)21-35-29-24(15-9-18-33-29)20-27(31(35)37)30(36)34-19-17-26(22-10-3-1-4-11-22)23-12-5-2-6-13-23/h1-16,18,20,26H,17,19,21H2,(H,34,36). The van der Waals surface area contributed by atoms with E-state index in [0.29, 0.717) is 29.6 Å². The van der Waals surface area contributed by atoms with Crippen LogP contribution < -0.4 is 10.9 Å². The van der Waals surface area contributed by atoms with Crippen molar-refractivity contribution in [2.24, 2.45) is 0 Å². The highest BCUT2D eigenvalue weighted by Gasteiger charge is 2.19. The predicted molar refractivity (Wildman–Crippen MR) is 143 cm³/mol. The summed E-state index contributed by atoms with van der Waals surface area (Å²) in [5.41, 5.74) is 2.57. The molecule has 1 N–H and O–H groups in total. The highest BCUT2D eigenvalue weighted by molar-refractivity contribution is 5.96.